The van der Waals surface area contributed by atoms with Crippen molar-refractivity contribution in [1.29, 1.82) is 0 Å². The standard InChI is InChI=1S/C10H13BrN2O/c11-8-2-1-3-13-9(8)10(6-12)4-7(14)5-10/h1-3,7,14H,4-6,12H2. The molecular weight excluding hydrogens is 244 g/mol. The van der Waals surface area contributed by atoms with Gasteiger partial charge in [0, 0.05) is 22.6 Å². The Morgan fingerprint density at radius 1 is 1.64 bits per heavy atom. The van der Waals surface area contributed by atoms with Crippen molar-refractivity contribution in [2.24, 2.45) is 5.73 Å². The summed E-state index contributed by atoms with van der Waals surface area (Å²) in [6.45, 7) is 0.541. The number of nitrogens with two attached hydrogens (primary N) is 1. The van der Waals surface area contributed by atoms with Crippen molar-refractivity contribution in [3.8, 4) is 0 Å². The van der Waals surface area contributed by atoms with Crippen LogP contribution in [0, 0.1) is 0 Å². The van der Waals surface area contributed by atoms with Gasteiger partial charge in [0.05, 0.1) is 11.8 Å². The highest BCUT2D eigenvalue weighted by atomic mass is 79.9. The molecule has 0 aliphatic heterocycles. The molecule has 1 aliphatic carbocycles. The van der Waals surface area contributed by atoms with Crippen molar-refractivity contribution in [2.75, 3.05) is 6.54 Å². The van der Waals surface area contributed by atoms with E-state index in [1.807, 2.05) is 12.1 Å². The normalized spacial score (nSPS) is 31.2. The summed E-state index contributed by atoms with van der Waals surface area (Å²) in [5, 5.41) is 9.37. The van der Waals surface area contributed by atoms with Crippen LogP contribution in [0.25, 0.3) is 0 Å². The highest BCUT2D eigenvalue weighted by Crippen LogP contribution is 2.44. The Kier molecular flexibility index (Phi) is 2.60. The number of hydrogen-bond acceptors (Lipinski definition) is 3. The molecule has 0 bridgehead atoms. The lowest BCUT2D eigenvalue weighted by Crippen LogP contribution is -2.50. The van der Waals surface area contributed by atoms with Crippen LogP contribution in [0.5, 0.6) is 0 Å². The van der Waals surface area contributed by atoms with Crippen LogP contribution in [0.4, 0.5) is 0 Å². The Morgan fingerprint density at radius 3 is 2.86 bits per heavy atom. The van der Waals surface area contributed by atoms with Crippen LogP contribution < -0.4 is 5.73 Å². The van der Waals surface area contributed by atoms with E-state index in [1.54, 1.807) is 6.20 Å². The van der Waals surface area contributed by atoms with Gasteiger partial charge in [0.25, 0.3) is 0 Å². The Labute approximate surface area is 91.5 Å². The summed E-state index contributed by atoms with van der Waals surface area (Å²) in [7, 11) is 0. The molecule has 3 N–H and O–H groups in total. The van der Waals surface area contributed by atoms with Crippen molar-refractivity contribution in [2.45, 2.75) is 24.4 Å². The third-order valence-corrected chi connectivity index (χ3v) is 3.54. The van der Waals surface area contributed by atoms with Gasteiger partial charge < -0.3 is 10.8 Å². The molecule has 0 saturated heterocycles. The monoisotopic (exact) mass is 256 g/mol. The summed E-state index contributed by atoms with van der Waals surface area (Å²) in [6.07, 6.45) is 2.99. The van der Waals surface area contributed by atoms with E-state index >= 15 is 0 Å². The summed E-state index contributed by atoms with van der Waals surface area (Å²) in [5.41, 5.74) is 6.63. The van der Waals surface area contributed by atoms with Crippen LogP contribution in [-0.2, 0) is 5.41 Å². The Morgan fingerprint density at radius 2 is 2.36 bits per heavy atom. The van der Waals surface area contributed by atoms with E-state index < -0.39 is 0 Å². The third-order valence-electron chi connectivity index (χ3n) is 2.90. The van der Waals surface area contributed by atoms with Crippen LogP contribution in [0.3, 0.4) is 0 Å². The first-order valence-electron chi connectivity index (χ1n) is 4.67. The zero-order valence-corrected chi connectivity index (χ0v) is 9.37. The second-order valence-electron chi connectivity index (χ2n) is 3.88. The molecule has 4 heteroatoms. The fourth-order valence-electron chi connectivity index (χ4n) is 2.07. The molecule has 76 valence electrons. The maximum Gasteiger partial charge on any atom is 0.0621 e. The van der Waals surface area contributed by atoms with Crippen LogP contribution >= 0.6 is 15.9 Å². The summed E-state index contributed by atoms with van der Waals surface area (Å²) in [6, 6.07) is 3.84. The first-order chi connectivity index (χ1) is 6.68. The fourth-order valence-corrected chi connectivity index (χ4v) is 2.75. The van der Waals surface area contributed by atoms with Crippen molar-refractivity contribution in [3.63, 3.8) is 0 Å². The molecule has 1 aromatic heterocycles. The van der Waals surface area contributed by atoms with Gasteiger partial charge in [0.15, 0.2) is 0 Å². The lowest BCUT2D eigenvalue weighted by atomic mass is 9.64. The Balaban J connectivity index is 2.34. The molecule has 1 heterocycles. The number of aliphatic hydroxyl groups is 1. The zero-order valence-electron chi connectivity index (χ0n) is 7.78. The second kappa shape index (κ2) is 3.61. The molecule has 1 fully saturated rings. The van der Waals surface area contributed by atoms with Crippen LogP contribution in [0.1, 0.15) is 18.5 Å². The average Bonchev–Trinajstić information content (AvgIpc) is 2.14. The molecule has 0 atom stereocenters. The summed E-state index contributed by atoms with van der Waals surface area (Å²) in [5.74, 6) is 0. The number of pyridine rings is 1. The van der Waals surface area contributed by atoms with Gasteiger partial charge in [-0.3, -0.25) is 4.98 Å². The molecule has 1 saturated carbocycles. The van der Waals surface area contributed by atoms with Gasteiger partial charge in [-0.25, -0.2) is 0 Å². The first kappa shape index (κ1) is 10.1. The lowest BCUT2D eigenvalue weighted by molar-refractivity contribution is 0.0197. The summed E-state index contributed by atoms with van der Waals surface area (Å²) in [4.78, 5) is 4.34. The summed E-state index contributed by atoms with van der Waals surface area (Å²) >= 11 is 3.47. The van der Waals surface area contributed by atoms with Crippen LogP contribution in [0.15, 0.2) is 22.8 Å². The van der Waals surface area contributed by atoms with E-state index in [-0.39, 0.29) is 11.5 Å². The minimum atomic E-state index is -0.215. The van der Waals surface area contributed by atoms with Gasteiger partial charge in [-0.15, -0.1) is 0 Å². The fraction of sp³-hybridized carbons (Fsp3) is 0.500. The molecule has 1 aromatic rings. The van der Waals surface area contributed by atoms with Gasteiger partial charge in [-0.05, 0) is 40.9 Å². The number of rotatable bonds is 2. The molecule has 0 unspecified atom stereocenters. The topological polar surface area (TPSA) is 59.1 Å². The Bertz CT molecular complexity index is 337. The van der Waals surface area contributed by atoms with Crippen molar-refractivity contribution in [1.82, 2.24) is 4.98 Å². The number of aromatic nitrogens is 1. The predicted octanol–water partition coefficient (Wildman–Crippen LogP) is 1.20. The van der Waals surface area contributed by atoms with Gasteiger partial charge in [0.2, 0.25) is 0 Å². The van der Waals surface area contributed by atoms with Gasteiger partial charge in [0.1, 0.15) is 0 Å². The highest BCUT2D eigenvalue weighted by molar-refractivity contribution is 9.10. The number of nitrogens with zero attached hydrogens (tertiary/aromatic N) is 1. The van der Waals surface area contributed by atoms with Crippen LogP contribution in [0.2, 0.25) is 0 Å². The van der Waals surface area contributed by atoms with Gasteiger partial charge >= 0.3 is 0 Å². The third kappa shape index (κ3) is 1.47. The minimum Gasteiger partial charge on any atom is -0.393 e. The molecule has 0 spiro atoms. The van der Waals surface area contributed by atoms with E-state index in [4.69, 9.17) is 5.73 Å². The van der Waals surface area contributed by atoms with Gasteiger partial charge in [-0.1, -0.05) is 0 Å². The number of halogens is 1. The quantitative estimate of drug-likeness (QED) is 0.836. The Hall–Kier alpha value is -0.450. The van der Waals surface area contributed by atoms with E-state index in [0.29, 0.717) is 6.54 Å². The molecule has 0 radical (unpaired) electrons. The summed E-state index contributed by atoms with van der Waals surface area (Å²) < 4.78 is 0.984. The number of hydrogen-bond donors (Lipinski definition) is 2. The second-order valence-corrected chi connectivity index (χ2v) is 4.73. The van der Waals surface area contributed by atoms with E-state index in [9.17, 15) is 5.11 Å². The smallest absolute Gasteiger partial charge is 0.0621 e. The number of aliphatic hydroxyl groups excluding tert-OH is 1. The molecule has 2 rings (SSSR count). The molecule has 3 nitrogen and oxygen atoms in total. The molecule has 1 aliphatic rings. The average molecular weight is 257 g/mol. The predicted molar refractivity (Wildman–Crippen MR) is 57.9 cm³/mol. The van der Waals surface area contributed by atoms with E-state index in [1.165, 1.54) is 0 Å². The maximum absolute atomic E-state index is 9.37. The molecular formula is C10H13BrN2O. The largest absolute Gasteiger partial charge is 0.393 e. The SMILES string of the molecule is NCC1(c2ncccc2Br)CC(O)C1. The van der Waals surface area contributed by atoms with Crippen molar-refractivity contribution < 1.29 is 5.11 Å². The first-order valence-corrected chi connectivity index (χ1v) is 5.46. The minimum absolute atomic E-state index is 0.112. The van der Waals surface area contributed by atoms with E-state index in [0.717, 1.165) is 23.0 Å². The highest BCUT2D eigenvalue weighted by Gasteiger charge is 2.45. The van der Waals surface area contributed by atoms with Crippen LogP contribution in [-0.4, -0.2) is 22.7 Å². The lowest BCUT2D eigenvalue weighted by Gasteiger charge is -2.44. The van der Waals surface area contributed by atoms with Gasteiger partial charge in [-0.2, -0.15) is 0 Å². The molecule has 0 aromatic carbocycles. The maximum atomic E-state index is 9.37. The van der Waals surface area contributed by atoms with E-state index in [2.05, 4.69) is 20.9 Å². The zero-order chi connectivity index (χ0) is 10.2. The molecule has 0 amide bonds. The van der Waals surface area contributed by atoms with Crippen molar-refractivity contribution in [3.05, 3.63) is 28.5 Å². The van der Waals surface area contributed by atoms with Crippen molar-refractivity contribution >= 4 is 15.9 Å². The molecule has 14 heavy (non-hydrogen) atoms.